The smallest absolute Gasteiger partial charge is 0.138 e. The number of aromatic nitrogens is 1. The molecule has 0 N–H and O–H groups in total. The predicted octanol–water partition coefficient (Wildman–Crippen LogP) is 4.56. The van der Waals surface area contributed by atoms with Crippen molar-refractivity contribution >= 4 is 16.6 Å². The molecular formula is C18H23NO. The molecule has 1 aromatic heterocycles. The van der Waals surface area contributed by atoms with E-state index in [2.05, 4.69) is 11.1 Å². The van der Waals surface area contributed by atoms with E-state index in [0.29, 0.717) is 12.2 Å². The van der Waals surface area contributed by atoms with Gasteiger partial charge in [-0.15, -0.1) is 0 Å². The van der Waals surface area contributed by atoms with Crippen molar-refractivity contribution in [3.8, 4) is 0 Å². The fourth-order valence-corrected chi connectivity index (χ4v) is 3.18. The molecule has 0 saturated heterocycles. The maximum Gasteiger partial charge on any atom is 0.138 e. The van der Waals surface area contributed by atoms with Crippen molar-refractivity contribution in [2.45, 2.75) is 44.9 Å². The number of fused-ring (bicyclic) bond motifs is 1. The Hall–Kier alpha value is -1.70. The number of benzene rings is 1. The maximum absolute atomic E-state index is 12.1. The molecule has 0 spiro atoms. The van der Waals surface area contributed by atoms with Gasteiger partial charge in [0.05, 0.1) is 0 Å². The molecule has 0 aliphatic heterocycles. The third kappa shape index (κ3) is 3.24. The molecule has 3 rings (SSSR count). The normalized spacial score (nSPS) is 15.8. The summed E-state index contributed by atoms with van der Waals surface area (Å²) in [4.78, 5) is 16.5. The lowest BCUT2D eigenvalue weighted by atomic mass is 9.98. The number of ketones is 1. The maximum atomic E-state index is 12.1. The molecule has 2 nitrogen and oxygen atoms in total. The van der Waals surface area contributed by atoms with Crippen molar-refractivity contribution in [3.05, 3.63) is 42.2 Å². The van der Waals surface area contributed by atoms with Crippen LogP contribution in [0.2, 0.25) is 0 Å². The van der Waals surface area contributed by atoms with E-state index in [9.17, 15) is 4.79 Å². The highest BCUT2D eigenvalue weighted by Crippen LogP contribution is 2.28. The largest absolute Gasteiger partial charge is 0.299 e. The third-order valence-electron chi connectivity index (χ3n) is 4.37. The van der Waals surface area contributed by atoms with Gasteiger partial charge in [-0.2, -0.15) is 0 Å². The summed E-state index contributed by atoms with van der Waals surface area (Å²) in [5.74, 6) is 1.13. The zero-order valence-electron chi connectivity index (χ0n) is 11.8. The standard InChI is InChI=1S/C18H21NO.H2/c20-18(10-9-14-5-1-2-6-14)12-17-11-15-7-3-4-8-16(15)13-19-17;/h3-4,7-8,11,13-14H,1-2,5-6,9-10,12H2;1H. The first-order valence-electron chi connectivity index (χ1n) is 7.66. The number of nitrogens with zero attached hydrogens (tertiary/aromatic N) is 1. The first kappa shape index (κ1) is 13.3. The Balaban J connectivity index is 0.00000161. The lowest BCUT2D eigenvalue weighted by Crippen LogP contribution is -2.06. The summed E-state index contributed by atoms with van der Waals surface area (Å²) in [7, 11) is 0. The van der Waals surface area contributed by atoms with Gasteiger partial charge in [0.25, 0.3) is 0 Å². The summed E-state index contributed by atoms with van der Waals surface area (Å²) < 4.78 is 0. The van der Waals surface area contributed by atoms with Crippen molar-refractivity contribution in [3.63, 3.8) is 0 Å². The molecule has 1 aliphatic rings. The summed E-state index contributed by atoms with van der Waals surface area (Å²) in [6, 6.07) is 10.2. The lowest BCUT2D eigenvalue weighted by Gasteiger charge is -2.07. The van der Waals surface area contributed by atoms with Crippen LogP contribution in [0.5, 0.6) is 0 Å². The van der Waals surface area contributed by atoms with Crippen LogP contribution in [0.25, 0.3) is 10.8 Å². The molecule has 1 aliphatic carbocycles. The molecule has 2 aromatic rings. The van der Waals surface area contributed by atoms with Gasteiger partial charge in [0.15, 0.2) is 0 Å². The highest BCUT2D eigenvalue weighted by atomic mass is 16.1. The number of carbonyl (C=O) groups excluding carboxylic acids is 1. The fourth-order valence-electron chi connectivity index (χ4n) is 3.18. The van der Waals surface area contributed by atoms with Gasteiger partial charge in [0, 0.05) is 31.5 Å². The molecule has 1 aromatic carbocycles. The molecule has 0 bridgehead atoms. The molecule has 0 radical (unpaired) electrons. The van der Waals surface area contributed by atoms with Crippen molar-refractivity contribution in [1.82, 2.24) is 4.98 Å². The minimum Gasteiger partial charge on any atom is -0.299 e. The van der Waals surface area contributed by atoms with Gasteiger partial charge in [-0.25, -0.2) is 0 Å². The average molecular weight is 269 g/mol. The molecule has 2 heteroatoms. The molecule has 106 valence electrons. The van der Waals surface area contributed by atoms with Crippen LogP contribution in [0.15, 0.2) is 36.5 Å². The van der Waals surface area contributed by atoms with E-state index >= 15 is 0 Å². The average Bonchev–Trinajstić information content (AvgIpc) is 2.98. The number of pyridine rings is 1. The number of Topliss-reactive ketones (excluding diaryl/α,β-unsaturated/α-hetero) is 1. The predicted molar refractivity (Wildman–Crippen MR) is 83.8 cm³/mol. The van der Waals surface area contributed by atoms with E-state index in [0.717, 1.165) is 29.8 Å². The molecule has 0 atom stereocenters. The summed E-state index contributed by atoms with van der Waals surface area (Å²) >= 11 is 0. The molecule has 0 amide bonds. The van der Waals surface area contributed by atoms with Crippen LogP contribution < -0.4 is 0 Å². The second kappa shape index (κ2) is 6.17. The summed E-state index contributed by atoms with van der Waals surface area (Å²) in [6.45, 7) is 0. The van der Waals surface area contributed by atoms with Gasteiger partial charge in [0.1, 0.15) is 5.78 Å². The van der Waals surface area contributed by atoms with Crippen LogP contribution in [0.1, 0.15) is 45.6 Å². The van der Waals surface area contributed by atoms with Gasteiger partial charge in [0.2, 0.25) is 0 Å². The van der Waals surface area contributed by atoms with Gasteiger partial charge in [-0.1, -0.05) is 49.9 Å². The van der Waals surface area contributed by atoms with Gasteiger partial charge < -0.3 is 0 Å². The SMILES string of the molecule is O=C(CCC1CCCC1)Cc1cc2ccccc2cn1.[HH]. The van der Waals surface area contributed by atoms with E-state index in [-0.39, 0.29) is 1.43 Å². The Labute approximate surface area is 121 Å². The first-order valence-corrected chi connectivity index (χ1v) is 7.66. The van der Waals surface area contributed by atoms with Crippen LogP contribution in [0.4, 0.5) is 0 Å². The Morgan fingerprint density at radius 1 is 1.20 bits per heavy atom. The van der Waals surface area contributed by atoms with Crippen molar-refractivity contribution < 1.29 is 6.22 Å². The van der Waals surface area contributed by atoms with Crippen molar-refractivity contribution in [2.24, 2.45) is 5.92 Å². The third-order valence-corrected chi connectivity index (χ3v) is 4.37. The summed E-state index contributed by atoms with van der Waals surface area (Å²) in [5, 5.41) is 2.30. The molecular weight excluding hydrogens is 246 g/mol. The van der Waals surface area contributed by atoms with Crippen LogP contribution in [-0.2, 0) is 11.2 Å². The molecule has 20 heavy (non-hydrogen) atoms. The second-order valence-electron chi connectivity index (χ2n) is 5.93. The summed E-state index contributed by atoms with van der Waals surface area (Å²) in [6.07, 6.45) is 9.50. The summed E-state index contributed by atoms with van der Waals surface area (Å²) in [5.41, 5.74) is 0.903. The molecule has 0 unspecified atom stereocenters. The molecule has 1 saturated carbocycles. The minimum atomic E-state index is 0. The van der Waals surface area contributed by atoms with Crippen LogP contribution in [0, 0.1) is 5.92 Å². The Bertz CT molecular complexity index is 605. The van der Waals surface area contributed by atoms with Crippen molar-refractivity contribution in [2.75, 3.05) is 0 Å². The topological polar surface area (TPSA) is 30.0 Å². The molecule has 1 fully saturated rings. The van der Waals surface area contributed by atoms with Crippen LogP contribution >= 0.6 is 0 Å². The zero-order chi connectivity index (χ0) is 13.8. The van der Waals surface area contributed by atoms with E-state index in [1.54, 1.807) is 0 Å². The highest BCUT2D eigenvalue weighted by molar-refractivity contribution is 5.84. The monoisotopic (exact) mass is 269 g/mol. The lowest BCUT2D eigenvalue weighted by molar-refractivity contribution is -0.118. The Morgan fingerprint density at radius 2 is 1.95 bits per heavy atom. The highest BCUT2D eigenvalue weighted by Gasteiger charge is 2.16. The fraction of sp³-hybridized carbons (Fsp3) is 0.444. The number of carbonyl (C=O) groups is 1. The Kier molecular flexibility index (Phi) is 4.10. The first-order chi connectivity index (χ1) is 9.81. The number of hydrogen-bond donors (Lipinski definition) is 0. The van der Waals surface area contributed by atoms with Gasteiger partial charge in [-0.05, 0) is 23.8 Å². The zero-order valence-corrected chi connectivity index (χ0v) is 11.8. The van der Waals surface area contributed by atoms with Crippen molar-refractivity contribution in [1.29, 1.82) is 0 Å². The quantitative estimate of drug-likeness (QED) is 0.796. The number of hydrogen-bond acceptors (Lipinski definition) is 2. The van der Waals surface area contributed by atoms with Gasteiger partial charge >= 0.3 is 0 Å². The van der Waals surface area contributed by atoms with E-state index in [1.165, 1.54) is 31.1 Å². The van der Waals surface area contributed by atoms with E-state index in [4.69, 9.17) is 0 Å². The molecule has 1 heterocycles. The van der Waals surface area contributed by atoms with Crippen LogP contribution in [0.3, 0.4) is 0 Å². The Morgan fingerprint density at radius 3 is 2.75 bits per heavy atom. The van der Waals surface area contributed by atoms with Crippen LogP contribution in [-0.4, -0.2) is 10.8 Å². The van der Waals surface area contributed by atoms with E-state index < -0.39 is 0 Å². The van der Waals surface area contributed by atoms with E-state index in [1.807, 2.05) is 30.5 Å². The number of rotatable bonds is 5. The second-order valence-corrected chi connectivity index (χ2v) is 5.93. The van der Waals surface area contributed by atoms with Gasteiger partial charge in [-0.3, -0.25) is 9.78 Å². The minimum absolute atomic E-state index is 0.